The lowest BCUT2D eigenvalue weighted by atomic mass is 9.95. The Morgan fingerprint density at radius 1 is 0.239 bits per heavy atom. The first-order valence-electron chi connectivity index (χ1n) is 30.9. The molecule has 0 unspecified atom stereocenters. The van der Waals surface area contributed by atoms with Gasteiger partial charge >= 0.3 is 0 Å². The predicted octanol–water partition coefficient (Wildman–Crippen LogP) is 19.4. The van der Waals surface area contributed by atoms with Gasteiger partial charge in [-0.2, -0.15) is 0 Å². The molecule has 8 nitrogen and oxygen atoms in total. The number of nitrogens with zero attached hydrogens (tertiary/aromatic N) is 2. The molecule has 2 aliphatic heterocycles. The summed E-state index contributed by atoms with van der Waals surface area (Å²) in [6.45, 7) is 2.36. The third-order valence-corrected chi connectivity index (χ3v) is 16.3. The monoisotopic (exact) mass is 1150 g/mol. The van der Waals surface area contributed by atoms with E-state index in [4.69, 9.17) is 28.9 Å². The van der Waals surface area contributed by atoms with Crippen LogP contribution in [0.5, 0.6) is 23.0 Å². The van der Waals surface area contributed by atoms with Crippen LogP contribution in [0, 0.1) is 0 Å². The van der Waals surface area contributed by atoms with Gasteiger partial charge in [-0.3, -0.25) is 0 Å². The van der Waals surface area contributed by atoms with E-state index in [1.165, 1.54) is 22.3 Å². The third kappa shape index (κ3) is 13.3. The Morgan fingerprint density at radius 2 is 0.455 bits per heavy atom. The predicted molar refractivity (Wildman–Crippen MR) is 362 cm³/mol. The zero-order valence-corrected chi connectivity index (χ0v) is 49.4. The molecule has 88 heavy (non-hydrogen) atoms. The molecule has 434 valence electrons. The molecule has 0 atom stereocenters. The molecule has 8 bridgehead atoms. The van der Waals surface area contributed by atoms with Crippen molar-refractivity contribution in [1.82, 2.24) is 19.9 Å². The smallest absolute Gasteiger partial charge is 0.119 e. The number of aromatic amines is 2. The molecule has 0 saturated carbocycles. The molecule has 2 N–H and O–H groups in total. The molecule has 0 aliphatic carbocycles. The molecule has 8 heteroatoms. The van der Waals surface area contributed by atoms with Gasteiger partial charge in [-0.15, -0.1) is 0 Å². The molecule has 11 aromatic rings. The van der Waals surface area contributed by atoms with Crippen LogP contribution in [-0.4, -0.2) is 46.4 Å². The van der Waals surface area contributed by atoms with Crippen LogP contribution < -0.4 is 18.9 Å². The molecular formula is C80H70N4O4. The topological polar surface area (TPSA) is 94.3 Å². The molecule has 0 spiro atoms. The Kier molecular flexibility index (Phi) is 17.9. The first-order valence-corrected chi connectivity index (χ1v) is 30.9. The molecule has 0 amide bonds. The van der Waals surface area contributed by atoms with E-state index in [0.29, 0.717) is 26.4 Å². The molecule has 0 fully saturated rings. The molecule has 2 aliphatic rings. The standard InChI is InChI=1S/C80H70N4O4/c1-5-33-61(34-6-1)85-53-21-29-57-25-13-17-41-65(57)77-69-45-47-71(81-69)78(66-42-18-14-26-58(66)30-22-54-86-62-35-7-2-8-36-62)73-49-51-75(83-73)80(68-44-20-16-28-60(68)32-24-56-88-64-39-11-4-12-40-64)76-52-50-74(84-76)79(72-48-46-70(77)82-72)67-43-19-15-27-59(67)31-23-55-87-63-37-9-3-10-38-63/h1-20,25-28,33-52,81,84H,21-24,29-32,53-56H2. The van der Waals surface area contributed by atoms with E-state index in [-0.39, 0.29) is 0 Å². The molecule has 5 heterocycles. The van der Waals surface area contributed by atoms with E-state index in [1.807, 2.05) is 121 Å². The van der Waals surface area contributed by atoms with Gasteiger partial charge in [0.2, 0.25) is 0 Å². The minimum absolute atomic E-state index is 0.590. The maximum atomic E-state index is 6.26. The fourth-order valence-corrected chi connectivity index (χ4v) is 12.1. The number of ether oxygens (including phenoxy) is 4. The zero-order chi connectivity index (χ0) is 59.1. The molecule has 0 saturated heterocycles. The molecule has 13 rings (SSSR count). The van der Waals surface area contributed by atoms with Crippen LogP contribution in [0.1, 0.15) is 70.7 Å². The van der Waals surface area contributed by atoms with Crippen LogP contribution in [0.15, 0.2) is 243 Å². The van der Waals surface area contributed by atoms with E-state index < -0.39 is 0 Å². The van der Waals surface area contributed by atoms with Crippen LogP contribution >= 0.6 is 0 Å². The van der Waals surface area contributed by atoms with Crippen LogP contribution in [0.3, 0.4) is 0 Å². The van der Waals surface area contributed by atoms with Gasteiger partial charge in [0.1, 0.15) is 23.0 Å². The minimum Gasteiger partial charge on any atom is -0.494 e. The van der Waals surface area contributed by atoms with Crippen molar-refractivity contribution in [2.75, 3.05) is 26.4 Å². The van der Waals surface area contributed by atoms with E-state index in [1.54, 1.807) is 0 Å². The summed E-state index contributed by atoms with van der Waals surface area (Å²) >= 11 is 0. The van der Waals surface area contributed by atoms with Crippen molar-refractivity contribution in [2.45, 2.75) is 51.4 Å². The summed E-state index contributed by atoms with van der Waals surface area (Å²) in [5.41, 5.74) is 20.7. The number of fused-ring (bicyclic) bond motifs is 8. The van der Waals surface area contributed by atoms with E-state index in [0.717, 1.165) is 164 Å². The second-order valence-corrected chi connectivity index (χ2v) is 22.2. The average molecular weight is 1150 g/mol. The number of aryl methyl sites for hydroxylation is 4. The van der Waals surface area contributed by atoms with Crippen LogP contribution in [-0.2, 0) is 25.7 Å². The highest BCUT2D eigenvalue weighted by Gasteiger charge is 2.23. The highest BCUT2D eigenvalue weighted by Crippen LogP contribution is 2.41. The zero-order valence-electron chi connectivity index (χ0n) is 49.4. The maximum Gasteiger partial charge on any atom is 0.119 e. The Bertz CT molecular complexity index is 3840. The van der Waals surface area contributed by atoms with E-state index >= 15 is 0 Å². The van der Waals surface area contributed by atoms with Crippen molar-refractivity contribution in [3.8, 4) is 67.5 Å². The number of hydrogen-bond donors (Lipinski definition) is 2. The quantitative estimate of drug-likeness (QED) is 0.0586. The van der Waals surface area contributed by atoms with Crippen molar-refractivity contribution in [1.29, 1.82) is 0 Å². The third-order valence-electron chi connectivity index (χ3n) is 16.3. The van der Waals surface area contributed by atoms with Gasteiger partial charge < -0.3 is 28.9 Å². The van der Waals surface area contributed by atoms with Crippen LogP contribution in [0.25, 0.3) is 90.9 Å². The van der Waals surface area contributed by atoms with Gasteiger partial charge in [0.25, 0.3) is 0 Å². The lowest BCUT2D eigenvalue weighted by Gasteiger charge is -2.14. The first-order chi connectivity index (χ1) is 43.7. The van der Waals surface area contributed by atoms with Crippen molar-refractivity contribution in [2.24, 2.45) is 0 Å². The Balaban J connectivity index is 1.01. The Morgan fingerprint density at radius 3 is 0.693 bits per heavy atom. The Labute approximate surface area is 515 Å². The molecule has 3 aromatic heterocycles. The van der Waals surface area contributed by atoms with Gasteiger partial charge in [-0.1, -0.05) is 170 Å². The van der Waals surface area contributed by atoms with Gasteiger partial charge in [0, 0.05) is 44.3 Å². The summed E-state index contributed by atoms with van der Waals surface area (Å²) < 4.78 is 25.0. The van der Waals surface area contributed by atoms with Crippen molar-refractivity contribution >= 4 is 46.4 Å². The van der Waals surface area contributed by atoms with Gasteiger partial charge in [0.05, 0.1) is 49.2 Å². The van der Waals surface area contributed by atoms with Crippen molar-refractivity contribution < 1.29 is 18.9 Å². The summed E-state index contributed by atoms with van der Waals surface area (Å²) in [6.07, 6.45) is 15.4. The number of H-pyrrole nitrogens is 2. The summed E-state index contributed by atoms with van der Waals surface area (Å²) in [6, 6.07) is 84.4. The number of nitrogens with one attached hydrogen (secondary N) is 2. The van der Waals surface area contributed by atoms with Gasteiger partial charge in [-0.05, 0) is 193 Å². The molecular weight excluding hydrogens is 1080 g/mol. The van der Waals surface area contributed by atoms with E-state index in [9.17, 15) is 0 Å². The number of para-hydroxylation sites is 4. The normalized spacial score (nSPS) is 11.6. The largest absolute Gasteiger partial charge is 0.494 e. The summed E-state index contributed by atoms with van der Waals surface area (Å²) in [7, 11) is 0. The fraction of sp³-hybridized carbons (Fsp3) is 0.150. The first kappa shape index (κ1) is 56.7. The fourth-order valence-electron chi connectivity index (χ4n) is 12.1. The summed E-state index contributed by atoms with van der Waals surface area (Å²) in [4.78, 5) is 19.7. The van der Waals surface area contributed by atoms with Crippen LogP contribution in [0.4, 0.5) is 0 Å². The second-order valence-electron chi connectivity index (χ2n) is 22.2. The Hall–Kier alpha value is -10.4. The van der Waals surface area contributed by atoms with Crippen LogP contribution in [0.2, 0.25) is 0 Å². The lowest BCUT2D eigenvalue weighted by molar-refractivity contribution is 0.311. The van der Waals surface area contributed by atoms with Crippen molar-refractivity contribution in [3.05, 3.63) is 288 Å². The number of benzene rings is 8. The SMILES string of the molecule is C1=Cc2nc1c(-c1ccccc1CCCOc1ccccc1)c1ccc([nH]1)c(-c1ccccc1CCCOc1ccccc1)c1nc(c(-c3ccccc3CCCOc3ccccc3)c3ccc([nH]3)c2-c2ccccc2CCCOc2ccccc2)C=C1. The number of hydrogen-bond acceptors (Lipinski definition) is 6. The average Bonchev–Trinajstić information content (AvgIpc) is 3.86. The lowest BCUT2D eigenvalue weighted by Crippen LogP contribution is -2.01. The second kappa shape index (κ2) is 27.7. The maximum absolute atomic E-state index is 6.26. The highest BCUT2D eigenvalue weighted by atomic mass is 16.5. The molecule has 8 aromatic carbocycles. The summed E-state index contributed by atoms with van der Waals surface area (Å²) in [5, 5.41) is 0. The molecule has 0 radical (unpaired) electrons. The van der Waals surface area contributed by atoms with Gasteiger partial charge in [0.15, 0.2) is 0 Å². The van der Waals surface area contributed by atoms with E-state index in [2.05, 4.69) is 156 Å². The number of rotatable bonds is 24. The highest BCUT2D eigenvalue weighted by molar-refractivity contribution is 6.01. The number of aromatic nitrogens is 4. The summed E-state index contributed by atoms with van der Waals surface area (Å²) in [5.74, 6) is 3.50. The minimum atomic E-state index is 0.590. The van der Waals surface area contributed by atoms with Crippen molar-refractivity contribution in [3.63, 3.8) is 0 Å². The van der Waals surface area contributed by atoms with Gasteiger partial charge in [-0.25, -0.2) is 9.97 Å².